The molecule has 400 valence electrons. The molecule has 0 aliphatic heterocycles. The molecule has 0 aliphatic rings. The lowest BCUT2D eigenvalue weighted by Crippen LogP contribution is -2.31. The van der Waals surface area contributed by atoms with E-state index in [-0.39, 0.29) is 37.0 Å². The number of carbonyl (C=O) groups is 4. The van der Waals surface area contributed by atoms with Crippen LogP contribution in [0.15, 0.2) is 24.3 Å². The van der Waals surface area contributed by atoms with Crippen molar-refractivity contribution in [2.45, 2.75) is 226 Å². The second-order valence-electron chi connectivity index (χ2n) is 17.6. The zero-order valence-electron chi connectivity index (χ0n) is 41.1. The Hall–Kier alpha value is -2.16. The van der Waals surface area contributed by atoms with Crippen molar-refractivity contribution in [2.24, 2.45) is 0 Å². The van der Waals surface area contributed by atoms with Gasteiger partial charge in [0.1, 0.15) is 12.9 Å². The summed E-state index contributed by atoms with van der Waals surface area (Å²) < 4.78 is 86.5. The Balaban J connectivity index is 0.000000701. The van der Waals surface area contributed by atoms with Crippen molar-refractivity contribution in [2.75, 3.05) is 0 Å². The lowest BCUT2D eigenvalue weighted by Gasteiger charge is -2.12. The Morgan fingerprint density at radius 3 is 1.19 bits per heavy atom. The molecule has 0 spiro atoms. The van der Waals surface area contributed by atoms with Crippen LogP contribution in [0.1, 0.15) is 240 Å². The van der Waals surface area contributed by atoms with Crippen molar-refractivity contribution in [3.8, 4) is 5.75 Å². The molecule has 70 heavy (non-hydrogen) atoms. The van der Waals surface area contributed by atoms with Crippen molar-refractivity contribution in [1.29, 1.82) is 0 Å². The van der Waals surface area contributed by atoms with Crippen molar-refractivity contribution in [1.82, 2.24) is 10.6 Å². The first-order valence-electron chi connectivity index (χ1n) is 25.3. The number of carbonyl (C=O) groups excluding carboxylic acids is 4. The zero-order chi connectivity index (χ0) is 52.2. The molecule has 2 aromatic carbocycles. The predicted molar refractivity (Wildman–Crippen MR) is 287 cm³/mol. The maximum atomic E-state index is 12.5. The second-order valence-corrected chi connectivity index (χ2v) is 23.4. The van der Waals surface area contributed by atoms with Crippen LogP contribution < -0.4 is 15.4 Å². The number of rotatable bonds is 37. The van der Waals surface area contributed by atoms with E-state index in [0.717, 1.165) is 63.1 Å². The minimum Gasteiger partial charge on any atom is -0.404 e. The van der Waals surface area contributed by atoms with Gasteiger partial charge in [-0.2, -0.15) is 0 Å². The highest BCUT2D eigenvalue weighted by atomic mass is 127. The number of imide groups is 2. The van der Waals surface area contributed by atoms with Crippen LogP contribution in [-0.2, 0) is 21.9 Å². The van der Waals surface area contributed by atoms with Gasteiger partial charge >= 0.3 is 45.9 Å². The first kappa shape index (κ1) is 65.9. The minimum absolute atomic E-state index is 0.0480. The Bertz CT molecular complexity index is 2000. The van der Waals surface area contributed by atoms with Crippen molar-refractivity contribution in [3.05, 3.63) is 57.6 Å². The Kier molecular flexibility index (Phi) is 37.9. The zero-order valence-corrected chi connectivity index (χ0v) is 47.7. The molecule has 2 rings (SSSR count). The van der Waals surface area contributed by atoms with Crippen molar-refractivity contribution in [3.63, 3.8) is 0 Å². The summed E-state index contributed by atoms with van der Waals surface area (Å²) in [4.78, 5) is 49.0. The highest BCUT2D eigenvalue weighted by Crippen LogP contribution is 2.39. The molecule has 4 amide bonds. The number of hydrogen-bond acceptors (Lipinski definition) is 9. The number of nitrogens with one attached hydrogen (secondary N) is 2. The smallest absolute Gasteiger partial charge is 0.404 e. The van der Waals surface area contributed by atoms with E-state index in [0.29, 0.717) is 12.8 Å². The SMILES string of the molecule is CCCCCCCCCCCCCCCCCC(=O)NC(=O)c1c(Cl)c(Cl)cc(Cl)c1I(=O)=O.CCCCCCCCCCCCCCCCCC(=O)NC(=O)c1cccc(OC(F)(F)F)c1I(=O)=O. The molecule has 0 heterocycles. The molecule has 0 saturated heterocycles. The van der Waals surface area contributed by atoms with E-state index >= 15 is 0 Å². The molecule has 0 bridgehead atoms. The van der Waals surface area contributed by atoms with Gasteiger partial charge in [-0.15, -0.1) is 13.2 Å². The average molecular weight is 1280 g/mol. The topological polar surface area (TPSA) is 170 Å². The largest absolute Gasteiger partial charge is 0.573 e. The molecular weight excluding hydrogens is 1200 g/mol. The third kappa shape index (κ3) is 30.8. The van der Waals surface area contributed by atoms with E-state index in [9.17, 15) is 44.6 Å². The van der Waals surface area contributed by atoms with Gasteiger partial charge in [-0.3, -0.25) is 29.8 Å². The second kappa shape index (κ2) is 40.3. The number of alkyl halides is 3. The van der Waals surface area contributed by atoms with Crippen LogP contribution in [0, 0.1) is 7.14 Å². The maximum Gasteiger partial charge on any atom is 0.573 e. The van der Waals surface area contributed by atoms with E-state index in [1.807, 2.05) is 0 Å². The summed E-state index contributed by atoms with van der Waals surface area (Å²) in [6, 6.07) is 4.11. The summed E-state index contributed by atoms with van der Waals surface area (Å²) in [5, 5.41) is 3.81. The van der Waals surface area contributed by atoms with Crippen LogP contribution in [-0.4, -0.2) is 30.0 Å². The normalized spacial score (nSPS) is 11.4. The lowest BCUT2D eigenvalue weighted by atomic mass is 10.0. The van der Waals surface area contributed by atoms with Gasteiger partial charge in [0, 0.05) is 12.8 Å². The van der Waals surface area contributed by atoms with Gasteiger partial charge in [-0.05, 0) is 31.0 Å². The van der Waals surface area contributed by atoms with Gasteiger partial charge in [0.25, 0.3) is 11.8 Å². The first-order chi connectivity index (χ1) is 33.4. The van der Waals surface area contributed by atoms with Gasteiger partial charge in [0.05, 0.1) is 26.2 Å². The van der Waals surface area contributed by atoms with E-state index in [1.165, 1.54) is 141 Å². The number of hydrogen-bond donors (Lipinski definition) is 2. The van der Waals surface area contributed by atoms with Gasteiger partial charge < -0.3 is 4.74 Å². The number of amides is 4. The fourth-order valence-corrected chi connectivity index (χ4v) is 12.2. The van der Waals surface area contributed by atoms with Crippen LogP contribution in [0.4, 0.5) is 13.2 Å². The molecule has 0 saturated carbocycles. The summed E-state index contributed by atoms with van der Waals surface area (Å²) in [5.74, 6) is -4.00. The summed E-state index contributed by atoms with van der Waals surface area (Å²) in [6.45, 7) is 4.47. The summed E-state index contributed by atoms with van der Waals surface area (Å²) in [6.07, 6.45) is 31.3. The Morgan fingerprint density at radius 2 is 0.843 bits per heavy atom. The molecule has 11 nitrogen and oxygen atoms in total. The van der Waals surface area contributed by atoms with Crippen LogP contribution >= 0.6 is 74.4 Å². The summed E-state index contributed by atoms with van der Waals surface area (Å²) in [7, 11) is 0. The van der Waals surface area contributed by atoms with Crippen molar-refractivity contribution >= 4 is 98.0 Å². The summed E-state index contributed by atoms with van der Waals surface area (Å²) in [5.41, 5.74) is -0.893. The van der Waals surface area contributed by atoms with E-state index in [1.54, 1.807) is 0 Å². The van der Waals surface area contributed by atoms with E-state index < -0.39 is 84.5 Å². The Morgan fingerprint density at radius 1 is 0.500 bits per heavy atom. The third-order valence-corrected chi connectivity index (χ3v) is 17.0. The van der Waals surface area contributed by atoms with Gasteiger partial charge in [0.15, 0.2) is 0 Å². The molecule has 2 N–H and O–H groups in total. The fourth-order valence-electron chi connectivity index (χ4n) is 7.79. The number of halogens is 8. The standard InChI is InChI=1S/C26H39F3INO5.C25H37Cl3INO4/c1-2-3-4-5-6-7-8-9-10-11-12-13-14-15-16-20-23(32)31-25(33)21-18-17-19-22(24(21)30(34)35)36-26(27,28)29;1-2-3-4-5-6-7-8-9-10-11-12-13-14-15-16-17-21(31)30-25(32)22-23(28)19(26)18-20(27)24(22)29(33)34/h17-19H,2-16,20H2,1H3,(H,31,32,33);18H,2-17H2,1H3,(H,30,31,32). The fraction of sp³-hybridized carbons (Fsp3) is 0.686. The van der Waals surface area contributed by atoms with Crippen molar-refractivity contribution < 1.29 is 49.4 Å². The molecule has 0 aliphatic carbocycles. The molecule has 19 heteroatoms. The first-order valence-corrected chi connectivity index (χ1v) is 32.1. The highest BCUT2D eigenvalue weighted by Gasteiger charge is 2.34. The molecule has 0 radical (unpaired) electrons. The van der Waals surface area contributed by atoms with Gasteiger partial charge in [-0.25, -0.2) is 12.3 Å². The number of unbranched alkanes of at least 4 members (excludes halogenated alkanes) is 28. The van der Waals surface area contributed by atoms with Crippen LogP contribution in [0.3, 0.4) is 0 Å². The predicted octanol–water partition coefficient (Wildman–Crippen LogP) is 18.0. The van der Waals surface area contributed by atoms with E-state index in [2.05, 4.69) is 29.2 Å². The molecule has 0 unspecified atom stereocenters. The molecule has 2 aromatic rings. The highest BCUT2D eigenvalue weighted by molar-refractivity contribution is 14.2. The van der Waals surface area contributed by atoms with Gasteiger partial charge in [0.2, 0.25) is 11.8 Å². The minimum atomic E-state index is -5.11. The molecule has 0 fully saturated rings. The Labute approximate surface area is 443 Å². The number of ether oxygens (including phenoxy) is 1. The number of benzene rings is 2. The molecular formula is C51H76Cl3F3I2N2O9. The lowest BCUT2D eigenvalue weighted by molar-refractivity contribution is -0.275. The monoisotopic (exact) mass is 1280 g/mol. The van der Waals surface area contributed by atoms with Crippen LogP contribution in [0.25, 0.3) is 0 Å². The van der Waals surface area contributed by atoms with E-state index in [4.69, 9.17) is 34.8 Å². The maximum absolute atomic E-state index is 12.5. The quantitative estimate of drug-likeness (QED) is 0.0380. The van der Waals surface area contributed by atoms with Crippen LogP contribution in [0.2, 0.25) is 15.1 Å². The van der Waals surface area contributed by atoms with Gasteiger partial charge in [-0.1, -0.05) is 234 Å². The average Bonchev–Trinajstić information content (AvgIpc) is 3.29. The summed E-state index contributed by atoms with van der Waals surface area (Å²) >= 11 is 9.18. The van der Waals surface area contributed by atoms with Crippen LogP contribution in [0.5, 0.6) is 5.75 Å². The molecule has 0 atom stereocenters. The molecule has 0 aromatic heterocycles. The third-order valence-electron chi connectivity index (χ3n) is 11.6.